The van der Waals surface area contributed by atoms with E-state index >= 15 is 0 Å². The molecule has 7 heteroatoms. The number of rotatable bonds is 7. The first-order valence-electron chi connectivity index (χ1n) is 5.87. The highest BCUT2D eigenvalue weighted by Gasteiger charge is 2.34. The fourth-order valence-electron chi connectivity index (χ4n) is 1.76. The van der Waals surface area contributed by atoms with Gasteiger partial charge in [-0.3, -0.25) is 4.79 Å². The second-order valence-electron chi connectivity index (χ2n) is 4.22. The van der Waals surface area contributed by atoms with E-state index < -0.39 is 24.3 Å². The number of aliphatic hydroxyl groups is 1. The number of amides is 1. The van der Waals surface area contributed by atoms with Crippen molar-refractivity contribution in [2.75, 3.05) is 20.3 Å². The van der Waals surface area contributed by atoms with E-state index in [2.05, 4.69) is 5.32 Å². The lowest BCUT2D eigenvalue weighted by molar-refractivity contribution is -0.151. The fourth-order valence-corrected chi connectivity index (χ4v) is 1.76. The number of hydrogen-bond acceptors (Lipinski definition) is 5. The van der Waals surface area contributed by atoms with Crippen molar-refractivity contribution >= 4 is 11.9 Å². The summed E-state index contributed by atoms with van der Waals surface area (Å²) in [7, 11) is 1.49. The summed E-state index contributed by atoms with van der Waals surface area (Å²) in [5, 5.41) is 20.7. The lowest BCUT2D eigenvalue weighted by atomic mass is 10.2. The summed E-state index contributed by atoms with van der Waals surface area (Å²) in [5.74, 6) is -1.37. The predicted octanol–water partition coefficient (Wildman–Crippen LogP) is -0.868. The number of carbonyl (C=O) groups excluding carboxylic acids is 1. The Bertz CT molecular complexity index is 295. The summed E-state index contributed by atoms with van der Waals surface area (Å²) in [6, 6.07) is 0. The van der Waals surface area contributed by atoms with Gasteiger partial charge in [0.05, 0.1) is 12.7 Å². The molecule has 1 aliphatic heterocycles. The molecular weight excluding hydrogens is 242 g/mol. The van der Waals surface area contributed by atoms with Crippen LogP contribution in [-0.4, -0.2) is 60.7 Å². The van der Waals surface area contributed by atoms with Crippen LogP contribution in [0.5, 0.6) is 0 Å². The Morgan fingerprint density at radius 3 is 2.67 bits per heavy atom. The van der Waals surface area contributed by atoms with Gasteiger partial charge in [0.2, 0.25) is 5.91 Å². The molecule has 1 unspecified atom stereocenters. The van der Waals surface area contributed by atoms with Crippen molar-refractivity contribution in [1.82, 2.24) is 5.32 Å². The maximum absolute atomic E-state index is 11.6. The lowest BCUT2D eigenvalue weighted by Gasteiger charge is -2.13. The van der Waals surface area contributed by atoms with Crippen LogP contribution in [0.1, 0.15) is 19.3 Å². The molecule has 1 amide bonds. The number of ether oxygens (including phenoxy) is 2. The standard InChI is InChI=1S/C11H19NO6/c1-17-6-7(13)4-5-12-10(14)8-2-3-9(18-8)11(15)16/h7-9,13H,2-6H2,1H3,(H,12,14)(H,15,16)/t7?,8-,9+/m0/s1. The van der Waals surface area contributed by atoms with Crippen molar-refractivity contribution in [3.63, 3.8) is 0 Å². The average molecular weight is 261 g/mol. The summed E-state index contributed by atoms with van der Waals surface area (Å²) >= 11 is 0. The van der Waals surface area contributed by atoms with Gasteiger partial charge in [-0.15, -0.1) is 0 Å². The molecule has 104 valence electrons. The number of aliphatic carboxylic acids is 1. The zero-order valence-corrected chi connectivity index (χ0v) is 10.3. The topological polar surface area (TPSA) is 105 Å². The zero-order valence-electron chi connectivity index (χ0n) is 10.3. The number of carbonyl (C=O) groups is 2. The van der Waals surface area contributed by atoms with Gasteiger partial charge in [0, 0.05) is 13.7 Å². The van der Waals surface area contributed by atoms with E-state index in [-0.39, 0.29) is 12.5 Å². The summed E-state index contributed by atoms with van der Waals surface area (Å²) < 4.78 is 9.84. The van der Waals surface area contributed by atoms with Gasteiger partial charge in [-0.1, -0.05) is 0 Å². The Labute approximate surface area is 105 Å². The first-order valence-corrected chi connectivity index (χ1v) is 5.87. The predicted molar refractivity (Wildman–Crippen MR) is 61.0 cm³/mol. The molecular formula is C11H19NO6. The molecule has 0 bridgehead atoms. The lowest BCUT2D eigenvalue weighted by Crippen LogP contribution is -2.37. The van der Waals surface area contributed by atoms with Crippen LogP contribution in [0.2, 0.25) is 0 Å². The molecule has 0 aromatic carbocycles. The van der Waals surface area contributed by atoms with E-state index in [9.17, 15) is 14.7 Å². The summed E-state index contributed by atoms with van der Waals surface area (Å²) in [4.78, 5) is 22.3. The van der Waals surface area contributed by atoms with Crippen LogP contribution in [0.4, 0.5) is 0 Å². The highest BCUT2D eigenvalue weighted by atomic mass is 16.5. The Morgan fingerprint density at radius 2 is 2.11 bits per heavy atom. The van der Waals surface area contributed by atoms with Crippen LogP contribution in [0.3, 0.4) is 0 Å². The summed E-state index contributed by atoms with van der Waals surface area (Å²) in [6.45, 7) is 0.526. The van der Waals surface area contributed by atoms with Gasteiger partial charge in [-0.05, 0) is 19.3 Å². The Balaban J connectivity index is 2.20. The van der Waals surface area contributed by atoms with Crippen LogP contribution in [-0.2, 0) is 19.1 Å². The highest BCUT2D eigenvalue weighted by molar-refractivity contribution is 5.82. The molecule has 0 aromatic rings. The van der Waals surface area contributed by atoms with Crippen molar-refractivity contribution in [3.8, 4) is 0 Å². The molecule has 1 rings (SSSR count). The second-order valence-corrected chi connectivity index (χ2v) is 4.22. The maximum Gasteiger partial charge on any atom is 0.332 e. The third-order valence-electron chi connectivity index (χ3n) is 2.72. The van der Waals surface area contributed by atoms with Crippen LogP contribution in [0.15, 0.2) is 0 Å². The molecule has 1 saturated heterocycles. The van der Waals surface area contributed by atoms with Gasteiger partial charge in [-0.25, -0.2) is 4.79 Å². The maximum atomic E-state index is 11.6. The second kappa shape index (κ2) is 7.30. The van der Waals surface area contributed by atoms with Gasteiger partial charge in [-0.2, -0.15) is 0 Å². The van der Waals surface area contributed by atoms with Gasteiger partial charge in [0.25, 0.3) is 0 Å². The van der Waals surface area contributed by atoms with Gasteiger partial charge >= 0.3 is 5.97 Å². The molecule has 3 N–H and O–H groups in total. The zero-order chi connectivity index (χ0) is 13.5. The minimum Gasteiger partial charge on any atom is -0.479 e. The monoisotopic (exact) mass is 261 g/mol. The summed E-state index contributed by atoms with van der Waals surface area (Å²) in [6.07, 6.45) is -1.07. The van der Waals surface area contributed by atoms with E-state index in [0.717, 1.165) is 0 Å². The number of nitrogens with one attached hydrogen (secondary N) is 1. The fraction of sp³-hybridized carbons (Fsp3) is 0.818. The van der Waals surface area contributed by atoms with E-state index in [1.807, 2.05) is 0 Å². The minimum absolute atomic E-state index is 0.219. The Kier molecular flexibility index (Phi) is 6.03. The first kappa shape index (κ1) is 14.9. The van der Waals surface area contributed by atoms with E-state index in [4.69, 9.17) is 14.6 Å². The molecule has 18 heavy (non-hydrogen) atoms. The molecule has 0 saturated carbocycles. The Hall–Kier alpha value is -1.18. The normalized spacial score (nSPS) is 24.8. The molecule has 0 radical (unpaired) electrons. The molecule has 0 aromatic heterocycles. The van der Waals surface area contributed by atoms with Crippen molar-refractivity contribution in [3.05, 3.63) is 0 Å². The molecule has 0 aliphatic carbocycles. The third kappa shape index (κ3) is 4.59. The Morgan fingerprint density at radius 1 is 1.44 bits per heavy atom. The number of hydrogen-bond donors (Lipinski definition) is 3. The van der Waals surface area contributed by atoms with Crippen molar-refractivity contribution < 1.29 is 29.3 Å². The molecule has 3 atom stereocenters. The smallest absolute Gasteiger partial charge is 0.332 e. The molecule has 1 fully saturated rings. The van der Waals surface area contributed by atoms with E-state index in [1.165, 1.54) is 7.11 Å². The number of methoxy groups -OCH3 is 1. The average Bonchev–Trinajstić information content (AvgIpc) is 2.78. The third-order valence-corrected chi connectivity index (χ3v) is 2.72. The SMILES string of the molecule is COCC(O)CCNC(=O)[C@@H]1CC[C@H](C(=O)O)O1. The molecule has 7 nitrogen and oxygen atoms in total. The van der Waals surface area contributed by atoms with Crippen LogP contribution >= 0.6 is 0 Å². The van der Waals surface area contributed by atoms with E-state index in [1.54, 1.807) is 0 Å². The largest absolute Gasteiger partial charge is 0.479 e. The quantitative estimate of drug-likeness (QED) is 0.550. The van der Waals surface area contributed by atoms with Crippen LogP contribution in [0.25, 0.3) is 0 Å². The van der Waals surface area contributed by atoms with Gasteiger partial charge in [0.15, 0.2) is 6.10 Å². The summed E-state index contributed by atoms with van der Waals surface area (Å²) in [5.41, 5.74) is 0. The minimum atomic E-state index is -1.04. The first-order chi connectivity index (χ1) is 8.54. The van der Waals surface area contributed by atoms with Crippen molar-refractivity contribution in [2.45, 2.75) is 37.6 Å². The van der Waals surface area contributed by atoms with Crippen molar-refractivity contribution in [1.29, 1.82) is 0 Å². The molecule has 1 heterocycles. The van der Waals surface area contributed by atoms with Crippen molar-refractivity contribution in [2.24, 2.45) is 0 Å². The highest BCUT2D eigenvalue weighted by Crippen LogP contribution is 2.19. The molecule has 1 aliphatic rings. The number of aliphatic hydroxyl groups excluding tert-OH is 1. The number of carboxylic acids is 1. The van der Waals surface area contributed by atoms with E-state index in [0.29, 0.717) is 25.8 Å². The van der Waals surface area contributed by atoms with Crippen LogP contribution in [0, 0.1) is 0 Å². The number of carboxylic acid groups (broad SMARTS) is 1. The van der Waals surface area contributed by atoms with Crippen LogP contribution < -0.4 is 5.32 Å². The molecule has 0 spiro atoms. The van der Waals surface area contributed by atoms with Gasteiger partial charge < -0.3 is 25.0 Å². The van der Waals surface area contributed by atoms with Gasteiger partial charge in [0.1, 0.15) is 6.10 Å².